The van der Waals surface area contributed by atoms with Crippen molar-refractivity contribution in [3.8, 4) is 0 Å². The Morgan fingerprint density at radius 3 is 2.73 bits per heavy atom. The molecule has 0 bridgehead atoms. The molecule has 1 amide bonds. The molecule has 1 aliphatic heterocycles. The normalized spacial score (nSPS) is 15.5. The molecule has 3 nitrogen and oxygen atoms in total. The van der Waals surface area contributed by atoms with Crippen molar-refractivity contribution < 1.29 is 4.79 Å². The van der Waals surface area contributed by atoms with E-state index < -0.39 is 0 Å². The molecular weight excluding hydrogens is 188 g/mol. The Morgan fingerprint density at radius 2 is 2.07 bits per heavy atom. The summed E-state index contributed by atoms with van der Waals surface area (Å²) in [6.07, 6.45) is 1.86. The predicted octanol–water partition coefficient (Wildman–Crippen LogP) is 1.59. The minimum absolute atomic E-state index is 0.0662. The maximum atomic E-state index is 12.0. The third-order valence-corrected chi connectivity index (χ3v) is 2.39. The van der Waals surface area contributed by atoms with E-state index >= 15 is 0 Å². The number of benzene rings is 1. The van der Waals surface area contributed by atoms with Crippen LogP contribution in [-0.4, -0.2) is 23.9 Å². The number of nitrogens with one attached hydrogen (secondary N) is 1. The number of hydrogen-bond acceptors (Lipinski definition) is 2. The highest BCUT2D eigenvalue weighted by Gasteiger charge is 2.15. The Kier molecular flexibility index (Phi) is 2.72. The number of hydrogen-bond donors (Lipinski definition) is 1. The number of rotatable bonds is 1. The summed E-state index contributed by atoms with van der Waals surface area (Å²) in [4.78, 5) is 13.8. The fraction of sp³-hybridized carbons (Fsp3) is 0.250. The highest BCUT2D eigenvalue weighted by molar-refractivity contribution is 5.94. The molecule has 78 valence electrons. The molecule has 0 saturated heterocycles. The van der Waals surface area contributed by atoms with E-state index in [1.807, 2.05) is 43.5 Å². The zero-order valence-electron chi connectivity index (χ0n) is 8.73. The number of carbonyl (C=O) groups is 1. The third kappa shape index (κ3) is 2.18. The molecular formula is C12H14N2O. The molecule has 1 heterocycles. The van der Waals surface area contributed by atoms with Gasteiger partial charge in [-0.1, -0.05) is 18.2 Å². The van der Waals surface area contributed by atoms with E-state index in [4.69, 9.17) is 0 Å². The van der Waals surface area contributed by atoms with Gasteiger partial charge in [-0.05, 0) is 19.1 Å². The molecule has 3 heteroatoms. The van der Waals surface area contributed by atoms with Crippen molar-refractivity contribution in [2.24, 2.45) is 0 Å². The quantitative estimate of drug-likeness (QED) is 0.750. The zero-order chi connectivity index (χ0) is 10.7. The summed E-state index contributed by atoms with van der Waals surface area (Å²) < 4.78 is 0. The third-order valence-electron chi connectivity index (χ3n) is 2.39. The van der Waals surface area contributed by atoms with Crippen LogP contribution in [0.5, 0.6) is 0 Å². The minimum atomic E-state index is 0.0662. The van der Waals surface area contributed by atoms with Gasteiger partial charge in [0, 0.05) is 30.5 Å². The molecule has 1 aromatic carbocycles. The van der Waals surface area contributed by atoms with Gasteiger partial charge in [0.05, 0.1) is 0 Å². The van der Waals surface area contributed by atoms with Gasteiger partial charge < -0.3 is 10.2 Å². The summed E-state index contributed by atoms with van der Waals surface area (Å²) >= 11 is 0. The molecule has 0 aromatic heterocycles. The highest BCUT2D eigenvalue weighted by Crippen LogP contribution is 2.08. The van der Waals surface area contributed by atoms with Gasteiger partial charge in [0.2, 0.25) is 0 Å². The summed E-state index contributed by atoms with van der Waals surface area (Å²) in [6.45, 7) is 3.51. The van der Waals surface area contributed by atoms with Crippen molar-refractivity contribution in [2.45, 2.75) is 6.92 Å². The minimum Gasteiger partial charge on any atom is -0.386 e. The summed E-state index contributed by atoms with van der Waals surface area (Å²) in [5.41, 5.74) is 1.77. The Balaban J connectivity index is 2.18. The zero-order valence-corrected chi connectivity index (χ0v) is 8.73. The van der Waals surface area contributed by atoms with Gasteiger partial charge in [-0.2, -0.15) is 0 Å². The van der Waals surface area contributed by atoms with Crippen molar-refractivity contribution in [1.82, 2.24) is 10.2 Å². The molecule has 0 aliphatic carbocycles. The van der Waals surface area contributed by atoms with E-state index in [0.29, 0.717) is 0 Å². The molecule has 1 aliphatic rings. The molecule has 0 saturated carbocycles. The first kappa shape index (κ1) is 9.77. The standard InChI is InChI=1S/C12H14N2O/c1-10-9-14(8-7-13-10)12(15)11-5-3-2-4-6-11/h2-6,9,13H,7-8H2,1H3. The number of allylic oxidation sites excluding steroid dienone is 1. The average Bonchev–Trinajstić information content (AvgIpc) is 2.29. The first-order chi connectivity index (χ1) is 7.27. The van der Waals surface area contributed by atoms with Gasteiger partial charge in [-0.3, -0.25) is 4.79 Å². The lowest BCUT2D eigenvalue weighted by Gasteiger charge is -2.25. The number of nitrogens with zero attached hydrogens (tertiary/aromatic N) is 1. The predicted molar refractivity (Wildman–Crippen MR) is 59.2 cm³/mol. The van der Waals surface area contributed by atoms with Gasteiger partial charge in [0.15, 0.2) is 0 Å². The first-order valence-electron chi connectivity index (χ1n) is 5.06. The van der Waals surface area contributed by atoms with Gasteiger partial charge in [-0.15, -0.1) is 0 Å². The molecule has 2 rings (SSSR count). The van der Waals surface area contributed by atoms with Crippen molar-refractivity contribution >= 4 is 5.91 Å². The summed E-state index contributed by atoms with van der Waals surface area (Å²) in [5.74, 6) is 0.0662. The second-order valence-electron chi connectivity index (χ2n) is 3.60. The van der Waals surface area contributed by atoms with Gasteiger partial charge in [0.25, 0.3) is 5.91 Å². The Hall–Kier alpha value is -1.77. The van der Waals surface area contributed by atoms with Crippen LogP contribution in [-0.2, 0) is 0 Å². The Labute approximate surface area is 89.4 Å². The second kappa shape index (κ2) is 4.17. The van der Waals surface area contributed by atoms with Crippen LogP contribution < -0.4 is 5.32 Å². The van der Waals surface area contributed by atoms with Crippen LogP contribution in [0.4, 0.5) is 0 Å². The Morgan fingerprint density at radius 1 is 1.33 bits per heavy atom. The number of amides is 1. The van der Waals surface area contributed by atoms with E-state index in [-0.39, 0.29) is 5.91 Å². The lowest BCUT2D eigenvalue weighted by atomic mass is 10.2. The van der Waals surface area contributed by atoms with E-state index in [1.54, 1.807) is 4.90 Å². The van der Waals surface area contributed by atoms with Gasteiger partial charge >= 0.3 is 0 Å². The maximum absolute atomic E-state index is 12.0. The van der Waals surface area contributed by atoms with Crippen molar-refractivity contribution in [1.29, 1.82) is 0 Å². The van der Waals surface area contributed by atoms with Crippen LogP contribution >= 0.6 is 0 Å². The van der Waals surface area contributed by atoms with E-state index in [1.165, 1.54) is 0 Å². The summed E-state index contributed by atoms with van der Waals surface area (Å²) in [5, 5.41) is 3.19. The van der Waals surface area contributed by atoms with Crippen LogP contribution in [0.2, 0.25) is 0 Å². The average molecular weight is 202 g/mol. The lowest BCUT2D eigenvalue weighted by Crippen LogP contribution is -2.37. The van der Waals surface area contributed by atoms with E-state index in [2.05, 4.69) is 5.32 Å². The molecule has 0 atom stereocenters. The smallest absolute Gasteiger partial charge is 0.257 e. The van der Waals surface area contributed by atoms with Gasteiger partial charge in [0.1, 0.15) is 0 Å². The number of carbonyl (C=O) groups excluding carboxylic acids is 1. The molecule has 0 radical (unpaired) electrons. The van der Waals surface area contributed by atoms with Gasteiger partial charge in [-0.25, -0.2) is 0 Å². The van der Waals surface area contributed by atoms with E-state index in [9.17, 15) is 4.79 Å². The monoisotopic (exact) mass is 202 g/mol. The second-order valence-corrected chi connectivity index (χ2v) is 3.60. The van der Waals surface area contributed by atoms with Crippen molar-refractivity contribution in [3.63, 3.8) is 0 Å². The van der Waals surface area contributed by atoms with Crippen LogP contribution in [0, 0.1) is 0 Å². The van der Waals surface area contributed by atoms with Crippen LogP contribution in [0.15, 0.2) is 42.2 Å². The lowest BCUT2D eigenvalue weighted by molar-refractivity contribution is 0.0815. The van der Waals surface area contributed by atoms with Crippen molar-refractivity contribution in [2.75, 3.05) is 13.1 Å². The molecule has 15 heavy (non-hydrogen) atoms. The summed E-state index contributed by atoms with van der Waals surface area (Å²) in [6, 6.07) is 9.36. The molecule has 1 N–H and O–H groups in total. The van der Waals surface area contributed by atoms with Crippen LogP contribution in [0.25, 0.3) is 0 Å². The summed E-state index contributed by atoms with van der Waals surface area (Å²) in [7, 11) is 0. The fourth-order valence-corrected chi connectivity index (χ4v) is 1.62. The first-order valence-corrected chi connectivity index (χ1v) is 5.06. The molecule has 0 unspecified atom stereocenters. The fourth-order valence-electron chi connectivity index (χ4n) is 1.62. The maximum Gasteiger partial charge on any atom is 0.257 e. The van der Waals surface area contributed by atoms with Crippen molar-refractivity contribution in [3.05, 3.63) is 47.8 Å². The molecule has 0 fully saturated rings. The largest absolute Gasteiger partial charge is 0.386 e. The SMILES string of the molecule is CC1=CN(C(=O)c2ccccc2)CCN1. The highest BCUT2D eigenvalue weighted by atomic mass is 16.2. The molecule has 0 spiro atoms. The van der Waals surface area contributed by atoms with Crippen LogP contribution in [0.1, 0.15) is 17.3 Å². The van der Waals surface area contributed by atoms with Crippen LogP contribution in [0.3, 0.4) is 0 Å². The molecule has 1 aromatic rings. The Bertz CT molecular complexity index is 384. The van der Waals surface area contributed by atoms with E-state index in [0.717, 1.165) is 24.4 Å². The topological polar surface area (TPSA) is 32.3 Å².